The summed E-state index contributed by atoms with van der Waals surface area (Å²) in [4.78, 5) is 24.5. The van der Waals surface area contributed by atoms with E-state index in [1.165, 1.54) is 18.2 Å². The molecule has 0 radical (unpaired) electrons. The zero-order chi connectivity index (χ0) is 19.8. The van der Waals surface area contributed by atoms with Crippen LogP contribution in [0, 0.1) is 17.6 Å². The van der Waals surface area contributed by atoms with E-state index in [0.29, 0.717) is 5.56 Å². The zero-order valence-corrected chi connectivity index (χ0v) is 13.6. The number of anilines is 1. The lowest BCUT2D eigenvalue weighted by Crippen LogP contribution is -2.32. The smallest absolute Gasteiger partial charge is 0.355 e. The molecule has 2 atom stereocenters. The van der Waals surface area contributed by atoms with Crippen molar-refractivity contribution in [2.75, 3.05) is 11.9 Å². The van der Waals surface area contributed by atoms with Gasteiger partial charge in [0.05, 0.1) is 11.3 Å². The standard InChI is InChI=1S/C18H13F5N2O2/c19-12-2-1-3-13(15(12)20)25-17(27)14-11(8-24-16(14)26)9-4-6-10(7-5-9)18(21,22)23/h1-7,11,14H,8H2,(H,24,26)(H,25,27). The van der Waals surface area contributed by atoms with E-state index in [1.54, 1.807) is 0 Å². The van der Waals surface area contributed by atoms with Gasteiger partial charge in [-0.15, -0.1) is 0 Å². The van der Waals surface area contributed by atoms with Crippen molar-refractivity contribution in [1.82, 2.24) is 5.32 Å². The summed E-state index contributed by atoms with van der Waals surface area (Å²) in [5, 5.41) is 4.63. The molecular formula is C18H13F5N2O2. The lowest BCUT2D eigenvalue weighted by atomic mass is 9.87. The molecule has 0 saturated carbocycles. The van der Waals surface area contributed by atoms with Crippen LogP contribution >= 0.6 is 0 Å². The van der Waals surface area contributed by atoms with Crippen LogP contribution in [0.15, 0.2) is 42.5 Å². The number of hydrogen-bond acceptors (Lipinski definition) is 2. The van der Waals surface area contributed by atoms with Gasteiger partial charge in [-0.2, -0.15) is 13.2 Å². The van der Waals surface area contributed by atoms with Gasteiger partial charge in [0.1, 0.15) is 5.92 Å². The number of carbonyl (C=O) groups excluding carboxylic acids is 2. The summed E-state index contributed by atoms with van der Waals surface area (Å²) in [6.45, 7) is 0.0356. The Kier molecular flexibility index (Phi) is 4.86. The first kappa shape index (κ1) is 18.8. The summed E-state index contributed by atoms with van der Waals surface area (Å²) in [7, 11) is 0. The monoisotopic (exact) mass is 384 g/mol. The predicted octanol–water partition coefficient (Wildman–Crippen LogP) is 3.45. The molecule has 1 aliphatic rings. The summed E-state index contributed by atoms with van der Waals surface area (Å²) in [5.74, 6) is -5.98. The highest BCUT2D eigenvalue weighted by atomic mass is 19.4. The molecule has 2 N–H and O–H groups in total. The van der Waals surface area contributed by atoms with E-state index >= 15 is 0 Å². The Morgan fingerprint density at radius 1 is 1.07 bits per heavy atom. The van der Waals surface area contributed by atoms with Crippen molar-refractivity contribution in [1.29, 1.82) is 0 Å². The van der Waals surface area contributed by atoms with Crippen molar-refractivity contribution in [3.05, 3.63) is 65.2 Å². The molecule has 0 aromatic heterocycles. The summed E-state index contributed by atoms with van der Waals surface area (Å²) in [5.41, 5.74) is -0.932. The van der Waals surface area contributed by atoms with E-state index in [9.17, 15) is 31.5 Å². The molecule has 2 aromatic carbocycles. The van der Waals surface area contributed by atoms with Gasteiger partial charge in [0, 0.05) is 12.5 Å². The quantitative estimate of drug-likeness (QED) is 0.629. The molecule has 2 aromatic rings. The Balaban J connectivity index is 1.84. The largest absolute Gasteiger partial charge is 0.416 e. The number of carbonyl (C=O) groups is 2. The predicted molar refractivity (Wildman–Crippen MR) is 85.7 cm³/mol. The Bertz CT molecular complexity index is 880. The maximum absolute atomic E-state index is 13.7. The molecule has 2 amide bonds. The first-order valence-corrected chi connectivity index (χ1v) is 7.88. The van der Waals surface area contributed by atoms with Crippen molar-refractivity contribution < 1.29 is 31.5 Å². The van der Waals surface area contributed by atoms with Crippen LogP contribution in [-0.2, 0) is 15.8 Å². The number of amides is 2. The Morgan fingerprint density at radius 2 is 1.74 bits per heavy atom. The van der Waals surface area contributed by atoms with E-state index in [4.69, 9.17) is 0 Å². The second kappa shape index (κ2) is 6.98. The molecule has 1 saturated heterocycles. The molecule has 3 rings (SSSR count). The van der Waals surface area contributed by atoms with Crippen LogP contribution in [0.2, 0.25) is 0 Å². The molecule has 27 heavy (non-hydrogen) atoms. The fraction of sp³-hybridized carbons (Fsp3) is 0.222. The minimum absolute atomic E-state index is 0.0356. The van der Waals surface area contributed by atoms with E-state index < -0.39 is 52.7 Å². The van der Waals surface area contributed by atoms with Gasteiger partial charge < -0.3 is 10.6 Å². The van der Waals surface area contributed by atoms with E-state index in [0.717, 1.165) is 24.3 Å². The second-order valence-corrected chi connectivity index (χ2v) is 6.04. The maximum atomic E-state index is 13.7. The third-order valence-electron chi connectivity index (χ3n) is 4.34. The molecular weight excluding hydrogens is 371 g/mol. The first-order valence-electron chi connectivity index (χ1n) is 7.88. The zero-order valence-electron chi connectivity index (χ0n) is 13.6. The van der Waals surface area contributed by atoms with Crippen LogP contribution in [0.3, 0.4) is 0 Å². The molecule has 142 valence electrons. The van der Waals surface area contributed by atoms with Gasteiger partial charge in [-0.1, -0.05) is 18.2 Å². The minimum atomic E-state index is -4.51. The van der Waals surface area contributed by atoms with Gasteiger partial charge in [-0.05, 0) is 29.8 Å². The summed E-state index contributed by atoms with van der Waals surface area (Å²) >= 11 is 0. The molecule has 1 heterocycles. The van der Waals surface area contributed by atoms with Crippen LogP contribution in [0.4, 0.5) is 27.6 Å². The van der Waals surface area contributed by atoms with Crippen molar-refractivity contribution in [3.63, 3.8) is 0 Å². The number of benzene rings is 2. The average molecular weight is 384 g/mol. The Morgan fingerprint density at radius 3 is 2.37 bits per heavy atom. The third-order valence-corrected chi connectivity index (χ3v) is 4.34. The molecule has 1 fully saturated rings. The molecule has 0 bridgehead atoms. The molecule has 0 aliphatic carbocycles. The van der Waals surface area contributed by atoms with Crippen molar-refractivity contribution in [2.45, 2.75) is 12.1 Å². The van der Waals surface area contributed by atoms with Crippen LogP contribution < -0.4 is 10.6 Å². The minimum Gasteiger partial charge on any atom is -0.355 e. The van der Waals surface area contributed by atoms with E-state index in [2.05, 4.69) is 10.6 Å². The first-order chi connectivity index (χ1) is 12.7. The SMILES string of the molecule is O=C1NCC(c2ccc(C(F)(F)F)cc2)C1C(=O)Nc1cccc(F)c1F. The van der Waals surface area contributed by atoms with E-state index in [1.807, 2.05) is 0 Å². The fourth-order valence-corrected chi connectivity index (χ4v) is 2.96. The molecule has 1 aliphatic heterocycles. The highest BCUT2D eigenvalue weighted by Gasteiger charge is 2.41. The summed E-state index contributed by atoms with van der Waals surface area (Å²) in [6.07, 6.45) is -4.51. The highest BCUT2D eigenvalue weighted by molar-refractivity contribution is 6.08. The number of hydrogen-bond donors (Lipinski definition) is 2. The number of halogens is 5. The van der Waals surface area contributed by atoms with Gasteiger partial charge in [-0.3, -0.25) is 9.59 Å². The number of alkyl halides is 3. The maximum Gasteiger partial charge on any atom is 0.416 e. The van der Waals surface area contributed by atoms with E-state index in [-0.39, 0.29) is 6.54 Å². The van der Waals surface area contributed by atoms with Crippen LogP contribution in [-0.4, -0.2) is 18.4 Å². The van der Waals surface area contributed by atoms with Crippen molar-refractivity contribution >= 4 is 17.5 Å². The normalized spacial score (nSPS) is 19.7. The molecule has 0 spiro atoms. The highest BCUT2D eigenvalue weighted by Crippen LogP contribution is 2.34. The summed E-state index contributed by atoms with van der Waals surface area (Å²) < 4.78 is 65.0. The average Bonchev–Trinajstić information content (AvgIpc) is 3.00. The van der Waals surface area contributed by atoms with Crippen molar-refractivity contribution in [3.8, 4) is 0 Å². The number of rotatable bonds is 3. The lowest BCUT2D eigenvalue weighted by molar-refractivity contribution is -0.137. The van der Waals surface area contributed by atoms with Gasteiger partial charge in [-0.25, -0.2) is 8.78 Å². The van der Waals surface area contributed by atoms with Gasteiger partial charge >= 0.3 is 6.18 Å². The molecule has 2 unspecified atom stereocenters. The van der Waals surface area contributed by atoms with Crippen molar-refractivity contribution in [2.24, 2.45) is 5.92 Å². The molecule has 9 heteroatoms. The van der Waals surface area contributed by atoms with Gasteiger partial charge in [0.2, 0.25) is 11.8 Å². The Hall–Kier alpha value is -2.97. The molecule has 4 nitrogen and oxygen atoms in total. The lowest BCUT2D eigenvalue weighted by Gasteiger charge is -2.18. The Labute approximate surface area is 150 Å². The second-order valence-electron chi connectivity index (χ2n) is 6.04. The fourth-order valence-electron chi connectivity index (χ4n) is 2.96. The van der Waals surface area contributed by atoms with Crippen LogP contribution in [0.25, 0.3) is 0 Å². The summed E-state index contributed by atoms with van der Waals surface area (Å²) in [6, 6.07) is 7.30. The third kappa shape index (κ3) is 3.76. The van der Waals surface area contributed by atoms with Crippen LogP contribution in [0.5, 0.6) is 0 Å². The van der Waals surface area contributed by atoms with Gasteiger partial charge in [0.25, 0.3) is 0 Å². The van der Waals surface area contributed by atoms with Gasteiger partial charge in [0.15, 0.2) is 11.6 Å². The number of nitrogens with one attached hydrogen (secondary N) is 2. The topological polar surface area (TPSA) is 58.2 Å². The van der Waals surface area contributed by atoms with Crippen LogP contribution in [0.1, 0.15) is 17.0 Å².